The van der Waals surface area contributed by atoms with Gasteiger partial charge in [-0.2, -0.15) is 0 Å². The minimum absolute atomic E-state index is 0.0300. The summed E-state index contributed by atoms with van der Waals surface area (Å²) in [6.07, 6.45) is -0.617. The Kier molecular flexibility index (Phi) is 7.50. The van der Waals surface area contributed by atoms with Crippen molar-refractivity contribution in [3.63, 3.8) is 0 Å². The number of hydrogen-bond donors (Lipinski definition) is 1. The fourth-order valence-electron chi connectivity index (χ4n) is 2.69. The van der Waals surface area contributed by atoms with Crippen LogP contribution in [0.25, 0.3) is 0 Å². The molecule has 0 radical (unpaired) electrons. The number of alkyl halides is 4. The maximum atomic E-state index is 12.6. The molecule has 1 heterocycles. The van der Waals surface area contributed by atoms with Crippen molar-refractivity contribution in [3.05, 3.63) is 0 Å². The molecule has 1 aliphatic rings. The molecule has 2 amide bonds. The van der Waals surface area contributed by atoms with E-state index in [1.54, 1.807) is 20.8 Å². The van der Waals surface area contributed by atoms with E-state index in [0.29, 0.717) is 6.42 Å². The first-order chi connectivity index (χ1) is 10.4. The molecule has 4 atom stereocenters. The topological polar surface area (TPSA) is 57.6 Å². The van der Waals surface area contributed by atoms with Crippen LogP contribution in [-0.4, -0.2) is 43.6 Å². The summed E-state index contributed by atoms with van der Waals surface area (Å²) in [5.41, 5.74) is -1.04. The number of likely N-dealkylation sites (tertiary alicyclic amines) is 1. The average Bonchev–Trinajstić information content (AvgIpc) is 2.59. The van der Waals surface area contributed by atoms with Crippen LogP contribution in [0.5, 0.6) is 0 Å². The Labute approximate surface area is 157 Å². The summed E-state index contributed by atoms with van der Waals surface area (Å²) in [5.74, 6) is -1.27. The molecule has 23 heavy (non-hydrogen) atoms. The van der Waals surface area contributed by atoms with Crippen LogP contribution in [0, 0.1) is 17.3 Å². The molecule has 0 bridgehead atoms. The number of hydrogen-bond acceptors (Lipinski definition) is 3. The van der Waals surface area contributed by atoms with Gasteiger partial charge in [-0.15, -0.1) is 46.4 Å². The Balaban J connectivity index is 3.03. The molecule has 0 aliphatic carbocycles. The van der Waals surface area contributed by atoms with Gasteiger partial charge in [0.25, 0.3) is 0 Å². The Bertz CT molecular complexity index is 456. The monoisotopic (exact) mass is 405 g/mol. The highest BCUT2D eigenvalue weighted by atomic mass is 35.5. The predicted molar refractivity (Wildman–Crippen MR) is 94.0 cm³/mol. The Morgan fingerprint density at radius 2 is 1.65 bits per heavy atom. The van der Waals surface area contributed by atoms with Crippen molar-refractivity contribution < 1.29 is 14.7 Å². The van der Waals surface area contributed by atoms with Crippen molar-refractivity contribution in [1.82, 2.24) is 4.90 Å². The molecule has 2 unspecified atom stereocenters. The van der Waals surface area contributed by atoms with E-state index in [2.05, 4.69) is 0 Å². The number of halogens is 4. The van der Waals surface area contributed by atoms with Crippen molar-refractivity contribution in [2.75, 3.05) is 0 Å². The summed E-state index contributed by atoms with van der Waals surface area (Å²) in [6.45, 7) is 6.79. The number of nitrogens with zero attached hydrogens (tertiary/aromatic N) is 1. The smallest absolute Gasteiger partial charge is 0.237 e. The van der Waals surface area contributed by atoms with E-state index < -0.39 is 39.0 Å². The number of carbonyl (C=O) groups excluding carboxylic acids is 2. The van der Waals surface area contributed by atoms with Crippen LogP contribution in [0.1, 0.15) is 40.5 Å². The quantitative estimate of drug-likeness (QED) is 0.683. The van der Waals surface area contributed by atoms with E-state index in [0.717, 1.165) is 4.90 Å². The van der Waals surface area contributed by atoms with Gasteiger partial charge in [0.1, 0.15) is 9.67 Å². The summed E-state index contributed by atoms with van der Waals surface area (Å²) in [4.78, 5) is 25.0. The summed E-state index contributed by atoms with van der Waals surface area (Å²) in [6, 6.07) is -0.656. The fourth-order valence-corrected chi connectivity index (χ4v) is 3.07. The maximum absolute atomic E-state index is 12.6. The molecule has 1 saturated heterocycles. The molecule has 4 nitrogen and oxygen atoms in total. The molecule has 0 saturated carbocycles. The van der Waals surface area contributed by atoms with Gasteiger partial charge in [0, 0.05) is 6.42 Å². The number of aliphatic hydroxyl groups is 1. The molecule has 8 heteroatoms. The molecule has 1 fully saturated rings. The lowest BCUT2D eigenvalue weighted by atomic mass is 9.84. The highest BCUT2D eigenvalue weighted by Crippen LogP contribution is 2.40. The van der Waals surface area contributed by atoms with Gasteiger partial charge in [0.05, 0.1) is 17.6 Å². The zero-order chi connectivity index (χ0) is 18.1. The zero-order valence-corrected chi connectivity index (χ0v) is 16.6. The highest BCUT2D eigenvalue weighted by molar-refractivity contribution is 6.44. The highest BCUT2D eigenvalue weighted by Gasteiger charge is 2.55. The van der Waals surface area contributed by atoms with Crippen molar-refractivity contribution in [2.24, 2.45) is 17.3 Å². The second-order valence-electron chi connectivity index (χ2n) is 6.87. The second kappa shape index (κ2) is 8.09. The minimum Gasteiger partial charge on any atom is -0.390 e. The molecule has 1 aliphatic heterocycles. The van der Waals surface area contributed by atoms with E-state index in [1.165, 1.54) is 0 Å². The van der Waals surface area contributed by atoms with Gasteiger partial charge in [-0.3, -0.25) is 14.5 Å². The lowest BCUT2D eigenvalue weighted by molar-refractivity contribution is -0.147. The third-order valence-electron chi connectivity index (χ3n) is 4.44. The Morgan fingerprint density at radius 1 is 1.17 bits per heavy atom. The van der Waals surface area contributed by atoms with Gasteiger partial charge >= 0.3 is 0 Å². The summed E-state index contributed by atoms with van der Waals surface area (Å²) in [7, 11) is 0. The van der Waals surface area contributed by atoms with E-state index in [-0.39, 0.29) is 18.3 Å². The molecule has 134 valence electrons. The van der Waals surface area contributed by atoms with Gasteiger partial charge in [0.15, 0.2) is 0 Å². The van der Waals surface area contributed by atoms with Crippen LogP contribution < -0.4 is 0 Å². The molecular formula is C15H23Cl4NO3. The summed E-state index contributed by atoms with van der Waals surface area (Å²) < 4.78 is 0. The number of amides is 2. The lowest BCUT2D eigenvalue weighted by Gasteiger charge is -2.28. The number of aliphatic hydroxyl groups excluding tert-OH is 1. The standard InChI is InChI=1S/C15H23Cl4NO3/c1-7(12(16)17)5-9-11(22)15(3,4)14(23)20(9)10(21)6-8(2)13(18)19/h7-9,11-13,22H,5-6H2,1-4H3/t7?,8?,9-,11+/m1/s1. The fraction of sp³-hybridized carbons (Fsp3) is 0.867. The number of carbonyl (C=O) groups is 2. The van der Waals surface area contributed by atoms with Gasteiger partial charge in [-0.05, 0) is 32.1 Å². The summed E-state index contributed by atoms with van der Waals surface area (Å²) in [5, 5.41) is 10.5. The van der Waals surface area contributed by atoms with Crippen molar-refractivity contribution in [1.29, 1.82) is 0 Å². The molecular weight excluding hydrogens is 384 g/mol. The zero-order valence-electron chi connectivity index (χ0n) is 13.6. The van der Waals surface area contributed by atoms with Crippen LogP contribution in [0.2, 0.25) is 0 Å². The third-order valence-corrected chi connectivity index (χ3v) is 6.16. The predicted octanol–water partition coefficient (Wildman–Crippen LogP) is 3.77. The van der Waals surface area contributed by atoms with E-state index in [1.807, 2.05) is 6.92 Å². The SMILES string of the molecule is CC(CC(=O)N1C(=O)C(C)(C)[C@@H](O)[C@H]1CC(C)C(Cl)Cl)C(Cl)Cl. The number of rotatable bonds is 6. The van der Waals surface area contributed by atoms with Gasteiger partial charge in [-0.1, -0.05) is 13.8 Å². The van der Waals surface area contributed by atoms with E-state index in [9.17, 15) is 14.7 Å². The molecule has 1 N–H and O–H groups in total. The molecule has 0 aromatic heterocycles. The molecule has 0 spiro atoms. The van der Waals surface area contributed by atoms with Crippen LogP contribution in [0.3, 0.4) is 0 Å². The first-order valence-electron chi connectivity index (χ1n) is 7.52. The van der Waals surface area contributed by atoms with Crippen LogP contribution in [0.4, 0.5) is 0 Å². The lowest BCUT2D eigenvalue weighted by Crippen LogP contribution is -2.43. The van der Waals surface area contributed by atoms with Gasteiger partial charge < -0.3 is 5.11 Å². The molecule has 0 aromatic carbocycles. The minimum atomic E-state index is -1.04. The van der Waals surface area contributed by atoms with Crippen LogP contribution >= 0.6 is 46.4 Å². The van der Waals surface area contributed by atoms with Crippen molar-refractivity contribution in [3.8, 4) is 0 Å². The van der Waals surface area contributed by atoms with Gasteiger partial charge in [-0.25, -0.2) is 0 Å². The molecule has 1 rings (SSSR count). The average molecular weight is 407 g/mol. The van der Waals surface area contributed by atoms with Crippen molar-refractivity contribution >= 4 is 58.2 Å². The normalized spacial score (nSPS) is 26.9. The number of imide groups is 1. The Morgan fingerprint density at radius 3 is 2.09 bits per heavy atom. The van der Waals surface area contributed by atoms with E-state index >= 15 is 0 Å². The summed E-state index contributed by atoms with van der Waals surface area (Å²) >= 11 is 23.3. The first kappa shape index (κ1) is 21.3. The first-order valence-corrected chi connectivity index (χ1v) is 9.26. The van der Waals surface area contributed by atoms with Crippen LogP contribution in [-0.2, 0) is 9.59 Å². The largest absolute Gasteiger partial charge is 0.390 e. The van der Waals surface area contributed by atoms with Crippen LogP contribution in [0.15, 0.2) is 0 Å². The van der Waals surface area contributed by atoms with E-state index in [4.69, 9.17) is 46.4 Å². The Hall–Kier alpha value is 0.260. The van der Waals surface area contributed by atoms with Crippen molar-refractivity contribution in [2.45, 2.75) is 62.4 Å². The van der Waals surface area contributed by atoms with Gasteiger partial charge in [0.2, 0.25) is 11.8 Å². The maximum Gasteiger partial charge on any atom is 0.237 e. The third kappa shape index (κ3) is 4.66. The second-order valence-corrected chi connectivity index (χ2v) is 9.19. The molecule has 0 aromatic rings.